The lowest BCUT2D eigenvalue weighted by Crippen LogP contribution is -2.12. The van der Waals surface area contributed by atoms with Crippen molar-refractivity contribution in [2.45, 2.75) is 11.8 Å². The second kappa shape index (κ2) is 4.81. The number of Topliss-reactive ketones (excluding diaryl/α,β-unsaturated/α-hetero) is 1. The van der Waals surface area contributed by atoms with Crippen molar-refractivity contribution in [1.29, 1.82) is 0 Å². The molecule has 0 spiro atoms. The molecule has 0 saturated heterocycles. The fourth-order valence-corrected chi connectivity index (χ4v) is 1.99. The van der Waals surface area contributed by atoms with Gasteiger partial charge in [-0.15, -0.1) is 11.6 Å². The number of pyridine rings is 1. The molecule has 1 aliphatic rings. The summed E-state index contributed by atoms with van der Waals surface area (Å²) in [5, 5.41) is 0.307. The third-order valence-electron chi connectivity index (χ3n) is 2.36. The third-order valence-corrected chi connectivity index (χ3v) is 3.01. The van der Waals surface area contributed by atoms with Crippen LogP contribution in [0.15, 0.2) is 47.3 Å². The lowest BCUT2D eigenvalue weighted by Gasteiger charge is -2.14. The van der Waals surface area contributed by atoms with Crippen LogP contribution < -0.4 is 0 Å². The van der Waals surface area contributed by atoms with Crippen LogP contribution in [0.4, 0.5) is 0 Å². The molecule has 16 heavy (non-hydrogen) atoms. The molecule has 82 valence electrons. The van der Waals surface area contributed by atoms with Gasteiger partial charge in [0.1, 0.15) is 0 Å². The van der Waals surface area contributed by atoms with Crippen molar-refractivity contribution in [2.24, 2.45) is 0 Å². The number of nitrogens with zero attached hydrogens (tertiary/aromatic N) is 1. The van der Waals surface area contributed by atoms with E-state index < -0.39 is 0 Å². The van der Waals surface area contributed by atoms with E-state index in [9.17, 15) is 4.79 Å². The maximum atomic E-state index is 12.1. The Labute approximate surface area is 104 Å². The predicted octanol–water partition coefficient (Wildman–Crippen LogP) is 3.32. The van der Waals surface area contributed by atoms with Gasteiger partial charge >= 0.3 is 0 Å². The van der Waals surface area contributed by atoms with E-state index in [2.05, 4.69) is 4.98 Å². The molecule has 1 unspecified atom stereocenters. The van der Waals surface area contributed by atoms with Gasteiger partial charge in [-0.2, -0.15) is 0 Å². The van der Waals surface area contributed by atoms with Crippen molar-refractivity contribution in [3.05, 3.63) is 52.8 Å². The zero-order chi connectivity index (χ0) is 11.5. The van der Waals surface area contributed by atoms with Gasteiger partial charge in [0.2, 0.25) is 0 Å². The Kier molecular flexibility index (Phi) is 3.42. The molecule has 0 amide bonds. The SMILES string of the molecule is O=C(C1=C(Cl)C=CC(Cl)C1)c1ccncc1. The minimum absolute atomic E-state index is 0.0811. The zero-order valence-corrected chi connectivity index (χ0v) is 9.87. The average Bonchev–Trinajstić information content (AvgIpc) is 2.32. The number of carbonyl (C=O) groups excluding carboxylic acids is 1. The molecule has 1 aromatic heterocycles. The van der Waals surface area contributed by atoms with Crippen molar-refractivity contribution < 1.29 is 4.79 Å². The van der Waals surface area contributed by atoms with Gasteiger partial charge in [-0.05, 0) is 24.6 Å². The fourth-order valence-electron chi connectivity index (χ4n) is 1.53. The molecule has 2 nitrogen and oxygen atoms in total. The van der Waals surface area contributed by atoms with E-state index >= 15 is 0 Å². The Morgan fingerprint density at radius 2 is 2.06 bits per heavy atom. The molecular weight excluding hydrogens is 245 g/mol. The number of allylic oxidation sites excluding steroid dienone is 4. The van der Waals surface area contributed by atoms with Gasteiger partial charge < -0.3 is 0 Å². The molecule has 1 aromatic rings. The molecule has 1 aliphatic carbocycles. The van der Waals surface area contributed by atoms with Gasteiger partial charge in [0.15, 0.2) is 5.78 Å². The van der Waals surface area contributed by atoms with Crippen LogP contribution in [-0.2, 0) is 0 Å². The summed E-state index contributed by atoms with van der Waals surface area (Å²) >= 11 is 12.0. The van der Waals surface area contributed by atoms with E-state index in [4.69, 9.17) is 23.2 Å². The quantitative estimate of drug-likeness (QED) is 0.598. The number of hydrogen-bond acceptors (Lipinski definition) is 2. The van der Waals surface area contributed by atoms with Gasteiger partial charge in [-0.1, -0.05) is 17.7 Å². The van der Waals surface area contributed by atoms with Crippen LogP contribution >= 0.6 is 23.2 Å². The van der Waals surface area contributed by atoms with Crippen LogP contribution in [0.25, 0.3) is 0 Å². The third kappa shape index (κ3) is 2.34. The number of hydrogen-bond donors (Lipinski definition) is 0. The maximum absolute atomic E-state index is 12.1. The molecule has 0 aromatic carbocycles. The van der Waals surface area contributed by atoms with E-state index in [1.807, 2.05) is 0 Å². The summed E-state index contributed by atoms with van der Waals surface area (Å²) in [5.74, 6) is -0.0811. The summed E-state index contributed by atoms with van der Waals surface area (Å²) < 4.78 is 0. The first-order valence-corrected chi connectivity index (χ1v) is 5.65. The highest BCUT2D eigenvalue weighted by atomic mass is 35.5. The van der Waals surface area contributed by atoms with Gasteiger partial charge in [-0.25, -0.2) is 0 Å². The topological polar surface area (TPSA) is 30.0 Å². The summed E-state index contributed by atoms with van der Waals surface area (Å²) in [6.07, 6.45) is 7.10. The highest BCUT2D eigenvalue weighted by Crippen LogP contribution is 2.27. The van der Waals surface area contributed by atoms with Crippen LogP contribution in [0.3, 0.4) is 0 Å². The first kappa shape index (κ1) is 11.4. The van der Waals surface area contributed by atoms with Crippen LogP contribution in [-0.4, -0.2) is 16.1 Å². The molecular formula is C12H9Cl2NO. The highest BCUT2D eigenvalue weighted by Gasteiger charge is 2.20. The van der Waals surface area contributed by atoms with E-state index in [0.29, 0.717) is 22.6 Å². The van der Waals surface area contributed by atoms with Gasteiger partial charge in [0, 0.05) is 28.6 Å². The van der Waals surface area contributed by atoms with Crippen LogP contribution in [0.2, 0.25) is 0 Å². The van der Waals surface area contributed by atoms with Gasteiger partial charge in [0.05, 0.1) is 5.38 Å². The molecule has 0 aliphatic heterocycles. The standard InChI is InChI=1S/C12H9Cl2NO/c13-9-1-2-11(14)10(7-9)12(16)8-3-5-15-6-4-8/h1-6,9H,7H2. The van der Waals surface area contributed by atoms with Crippen molar-refractivity contribution in [3.63, 3.8) is 0 Å². The number of aromatic nitrogens is 1. The molecule has 1 atom stereocenters. The normalized spacial score (nSPS) is 20.0. The molecule has 4 heteroatoms. The summed E-state index contributed by atoms with van der Waals surface area (Å²) in [6.45, 7) is 0. The van der Waals surface area contributed by atoms with Gasteiger partial charge in [-0.3, -0.25) is 9.78 Å². The minimum Gasteiger partial charge on any atom is -0.289 e. The largest absolute Gasteiger partial charge is 0.289 e. The molecule has 0 saturated carbocycles. The second-order valence-electron chi connectivity index (χ2n) is 3.47. The molecule has 1 heterocycles. The Morgan fingerprint density at radius 3 is 2.75 bits per heavy atom. The van der Waals surface area contributed by atoms with Crippen molar-refractivity contribution in [1.82, 2.24) is 4.98 Å². The monoisotopic (exact) mass is 253 g/mol. The smallest absolute Gasteiger partial charge is 0.190 e. The highest BCUT2D eigenvalue weighted by molar-refractivity contribution is 6.35. The molecule has 0 N–H and O–H groups in total. The van der Waals surface area contributed by atoms with Crippen LogP contribution in [0, 0.1) is 0 Å². The number of carbonyl (C=O) groups is 1. The number of alkyl halides is 1. The van der Waals surface area contributed by atoms with Crippen molar-refractivity contribution in [2.75, 3.05) is 0 Å². The molecule has 2 rings (SSSR count). The van der Waals surface area contributed by atoms with Crippen molar-refractivity contribution >= 4 is 29.0 Å². The Morgan fingerprint density at radius 1 is 1.38 bits per heavy atom. The lowest BCUT2D eigenvalue weighted by atomic mass is 9.96. The number of rotatable bonds is 2. The van der Waals surface area contributed by atoms with Crippen LogP contribution in [0.5, 0.6) is 0 Å². The predicted molar refractivity (Wildman–Crippen MR) is 64.8 cm³/mol. The number of ketones is 1. The maximum Gasteiger partial charge on any atom is 0.190 e. The summed E-state index contributed by atoms with van der Waals surface area (Å²) in [5.41, 5.74) is 1.15. The van der Waals surface area contributed by atoms with Crippen LogP contribution in [0.1, 0.15) is 16.8 Å². The zero-order valence-electron chi connectivity index (χ0n) is 8.36. The second-order valence-corrected chi connectivity index (χ2v) is 4.44. The Bertz CT molecular complexity index is 465. The van der Waals surface area contributed by atoms with Crippen molar-refractivity contribution in [3.8, 4) is 0 Å². The summed E-state index contributed by atoms with van der Waals surface area (Å²) in [6, 6.07) is 3.34. The summed E-state index contributed by atoms with van der Waals surface area (Å²) in [4.78, 5) is 16.0. The van der Waals surface area contributed by atoms with E-state index in [-0.39, 0.29) is 11.2 Å². The summed E-state index contributed by atoms with van der Waals surface area (Å²) in [7, 11) is 0. The van der Waals surface area contributed by atoms with E-state index in [1.54, 1.807) is 36.7 Å². The molecule has 0 fully saturated rings. The number of halogens is 2. The minimum atomic E-state index is -0.164. The first-order valence-electron chi connectivity index (χ1n) is 4.84. The van der Waals surface area contributed by atoms with Gasteiger partial charge in [0.25, 0.3) is 0 Å². The van der Waals surface area contributed by atoms with E-state index in [1.165, 1.54) is 0 Å². The Balaban J connectivity index is 2.32. The fraction of sp³-hybridized carbons (Fsp3) is 0.167. The Hall–Kier alpha value is -1.12. The van der Waals surface area contributed by atoms with E-state index in [0.717, 1.165) is 0 Å². The molecule has 0 bridgehead atoms. The average molecular weight is 254 g/mol. The lowest BCUT2D eigenvalue weighted by molar-refractivity contribution is 0.103. The molecule has 0 radical (unpaired) electrons. The first-order chi connectivity index (χ1) is 7.68.